The van der Waals surface area contributed by atoms with Crippen molar-refractivity contribution in [1.82, 2.24) is 9.13 Å². The lowest BCUT2D eigenvalue weighted by atomic mass is 9.95. The summed E-state index contributed by atoms with van der Waals surface area (Å²) >= 11 is 0. The largest absolute Gasteiger partial charge is 0.495 e. The van der Waals surface area contributed by atoms with Gasteiger partial charge in [-0.25, -0.2) is 0 Å². The smallest absolute Gasteiger partial charge is 0.265 e. The number of hydrogen-bond donors (Lipinski definition) is 0. The Morgan fingerprint density at radius 1 is 0.471 bits per heavy atom. The molecule has 0 fully saturated rings. The molecule has 0 atom stereocenters. The number of rotatable bonds is 4. The van der Waals surface area contributed by atoms with Gasteiger partial charge in [0.2, 0.25) is 0 Å². The Kier molecular flexibility index (Phi) is 4.48. The van der Waals surface area contributed by atoms with E-state index >= 15 is 0 Å². The molecule has 34 heavy (non-hydrogen) atoms. The highest BCUT2D eigenvalue weighted by Gasteiger charge is 2.29. The molecule has 2 aromatic heterocycles. The Hall–Kier alpha value is -4.34. The van der Waals surface area contributed by atoms with Crippen molar-refractivity contribution in [1.29, 1.82) is 0 Å². The quantitative estimate of drug-likeness (QED) is 0.366. The zero-order valence-electron chi connectivity index (χ0n) is 19.3. The second kappa shape index (κ2) is 7.08. The van der Waals surface area contributed by atoms with Crippen molar-refractivity contribution in [3.8, 4) is 23.0 Å². The molecular weight excluding hydrogens is 444 g/mol. The fourth-order valence-electron chi connectivity index (χ4n) is 4.87. The van der Waals surface area contributed by atoms with Crippen molar-refractivity contribution in [3.63, 3.8) is 0 Å². The molecule has 0 bridgehead atoms. The van der Waals surface area contributed by atoms with Crippen LogP contribution in [-0.4, -0.2) is 37.6 Å². The van der Waals surface area contributed by atoms with Crippen LogP contribution in [0.5, 0.6) is 23.0 Å². The minimum atomic E-state index is -0.506. The molecule has 0 aliphatic heterocycles. The molecule has 0 saturated heterocycles. The lowest BCUT2D eigenvalue weighted by molar-refractivity contribution is 0.402. The van der Waals surface area contributed by atoms with Crippen molar-refractivity contribution in [2.45, 2.75) is 0 Å². The molecule has 0 amide bonds. The maximum absolute atomic E-state index is 12.9. The molecule has 0 spiro atoms. The molecule has 0 saturated carbocycles. The molecule has 2 heterocycles. The third-order valence-corrected chi connectivity index (χ3v) is 6.43. The Bertz CT molecular complexity index is 1760. The van der Waals surface area contributed by atoms with E-state index in [1.165, 1.54) is 42.5 Å². The molecule has 174 valence electrons. The van der Waals surface area contributed by atoms with Gasteiger partial charge in [-0.2, -0.15) is 0 Å². The number of hydrogen-bond acceptors (Lipinski definition) is 8. The van der Waals surface area contributed by atoms with E-state index in [0.29, 0.717) is 21.5 Å². The summed E-state index contributed by atoms with van der Waals surface area (Å²) < 4.78 is 24.8. The molecule has 0 radical (unpaired) electrons. The van der Waals surface area contributed by atoms with Crippen molar-refractivity contribution in [3.05, 3.63) is 53.5 Å². The summed E-state index contributed by atoms with van der Waals surface area (Å²) in [4.78, 5) is 51.3. The third kappa shape index (κ3) is 2.34. The Morgan fingerprint density at radius 2 is 0.794 bits per heavy atom. The second-order valence-electron chi connectivity index (χ2n) is 7.92. The van der Waals surface area contributed by atoms with Gasteiger partial charge in [0, 0.05) is 24.9 Å². The summed E-state index contributed by atoms with van der Waals surface area (Å²) in [5.41, 5.74) is -1.98. The molecule has 0 aliphatic carbocycles. The van der Waals surface area contributed by atoms with Crippen LogP contribution in [-0.2, 0) is 14.1 Å². The zero-order valence-corrected chi connectivity index (χ0v) is 19.3. The normalized spacial score (nSPS) is 11.7. The van der Waals surface area contributed by atoms with Crippen LogP contribution >= 0.6 is 0 Å². The van der Waals surface area contributed by atoms with Gasteiger partial charge in [0.25, 0.3) is 22.2 Å². The average Bonchev–Trinajstić information content (AvgIpc) is 3.19. The first-order valence-corrected chi connectivity index (χ1v) is 10.2. The number of fused-ring (bicyclic) bond motifs is 4. The number of aromatic nitrogens is 2. The van der Waals surface area contributed by atoms with Gasteiger partial charge in [0.05, 0.1) is 60.8 Å². The van der Waals surface area contributed by atoms with E-state index in [0.717, 1.165) is 9.13 Å². The number of methoxy groups -OCH3 is 4. The number of nitrogens with zero attached hydrogens (tertiary/aromatic N) is 2. The Labute approximate surface area is 190 Å². The minimum Gasteiger partial charge on any atom is -0.495 e. The first-order valence-electron chi connectivity index (χ1n) is 10.2. The van der Waals surface area contributed by atoms with Gasteiger partial charge in [-0.15, -0.1) is 0 Å². The SMILES string of the molecule is COc1c2cc3c(=O)n(C)c(=O)c3c(OC)c2c(OC)c2cc3c(=O)n(C)c(=O)c3c(OC)c12. The summed E-state index contributed by atoms with van der Waals surface area (Å²) in [5.74, 6) is 0.838. The maximum Gasteiger partial charge on any atom is 0.265 e. The third-order valence-electron chi connectivity index (χ3n) is 6.43. The molecule has 5 aromatic rings. The number of ether oxygens (including phenoxy) is 4. The van der Waals surface area contributed by atoms with Crippen LogP contribution in [0.15, 0.2) is 31.3 Å². The fraction of sp³-hybridized carbons (Fsp3) is 0.250. The lowest BCUT2D eigenvalue weighted by Gasteiger charge is -2.19. The van der Waals surface area contributed by atoms with Gasteiger partial charge >= 0.3 is 0 Å². The first-order chi connectivity index (χ1) is 16.2. The van der Waals surface area contributed by atoms with E-state index in [-0.39, 0.29) is 44.5 Å². The van der Waals surface area contributed by atoms with E-state index in [1.54, 1.807) is 12.1 Å². The molecule has 3 aromatic carbocycles. The number of benzene rings is 3. The van der Waals surface area contributed by atoms with Gasteiger partial charge in [-0.05, 0) is 12.1 Å². The van der Waals surface area contributed by atoms with Gasteiger partial charge < -0.3 is 18.9 Å². The Balaban J connectivity index is 2.24. The molecule has 0 aliphatic rings. The van der Waals surface area contributed by atoms with Crippen molar-refractivity contribution >= 4 is 43.1 Å². The lowest BCUT2D eigenvalue weighted by Crippen LogP contribution is -2.21. The monoisotopic (exact) mass is 464 g/mol. The van der Waals surface area contributed by atoms with E-state index < -0.39 is 22.2 Å². The Morgan fingerprint density at radius 3 is 1.09 bits per heavy atom. The van der Waals surface area contributed by atoms with Gasteiger partial charge in [0.1, 0.15) is 23.0 Å². The standard InChI is InChI=1S/C24H20N2O8/c1-25-21(27)11-7-9-13(19(33-5)15(11)23(25)29)18(32-4)10-8-12-16(24(30)26(2)22(12)28)20(34-6)14(10)17(9)31-3/h7-8H,1-6H3. The average molecular weight is 464 g/mol. The first kappa shape index (κ1) is 21.5. The minimum absolute atomic E-state index is 0.112. The zero-order chi connectivity index (χ0) is 24.6. The van der Waals surface area contributed by atoms with Crippen molar-refractivity contribution in [2.24, 2.45) is 14.1 Å². The van der Waals surface area contributed by atoms with Crippen LogP contribution in [0.25, 0.3) is 43.1 Å². The topological polar surface area (TPSA) is 115 Å². The summed E-state index contributed by atoms with van der Waals surface area (Å²) in [5, 5.41) is 2.14. The molecular formula is C24H20N2O8. The van der Waals surface area contributed by atoms with Gasteiger partial charge in [-0.1, -0.05) is 0 Å². The fourth-order valence-corrected chi connectivity index (χ4v) is 4.87. The van der Waals surface area contributed by atoms with Crippen molar-refractivity contribution < 1.29 is 18.9 Å². The van der Waals surface area contributed by atoms with E-state index in [9.17, 15) is 19.2 Å². The predicted octanol–water partition coefficient (Wildman–Crippen LogP) is 1.33. The molecule has 5 rings (SSSR count). The van der Waals surface area contributed by atoms with Crippen LogP contribution in [0.4, 0.5) is 0 Å². The second-order valence-corrected chi connectivity index (χ2v) is 7.92. The van der Waals surface area contributed by atoms with E-state index in [2.05, 4.69) is 0 Å². The van der Waals surface area contributed by atoms with E-state index in [4.69, 9.17) is 18.9 Å². The van der Waals surface area contributed by atoms with Crippen LogP contribution in [0, 0.1) is 0 Å². The highest BCUT2D eigenvalue weighted by atomic mass is 16.5. The molecule has 0 N–H and O–H groups in total. The van der Waals surface area contributed by atoms with Gasteiger partial charge in [-0.3, -0.25) is 28.3 Å². The highest BCUT2D eigenvalue weighted by Crippen LogP contribution is 2.51. The maximum atomic E-state index is 12.9. The van der Waals surface area contributed by atoms with Crippen LogP contribution in [0.3, 0.4) is 0 Å². The summed E-state index contributed by atoms with van der Waals surface area (Å²) in [6.45, 7) is 0. The molecule has 10 heteroatoms. The van der Waals surface area contributed by atoms with Crippen LogP contribution < -0.4 is 41.2 Å². The van der Waals surface area contributed by atoms with E-state index in [1.807, 2.05) is 0 Å². The predicted molar refractivity (Wildman–Crippen MR) is 128 cm³/mol. The highest BCUT2D eigenvalue weighted by molar-refractivity contribution is 6.22. The van der Waals surface area contributed by atoms with Gasteiger partial charge in [0.15, 0.2) is 0 Å². The van der Waals surface area contributed by atoms with Crippen LogP contribution in [0.2, 0.25) is 0 Å². The van der Waals surface area contributed by atoms with Crippen molar-refractivity contribution in [2.75, 3.05) is 28.4 Å². The molecule has 0 unspecified atom stereocenters. The summed E-state index contributed by atoms with van der Waals surface area (Å²) in [6, 6.07) is 3.09. The summed E-state index contributed by atoms with van der Waals surface area (Å²) in [7, 11) is 8.43. The summed E-state index contributed by atoms with van der Waals surface area (Å²) in [6.07, 6.45) is 0. The molecule has 10 nitrogen and oxygen atoms in total. The van der Waals surface area contributed by atoms with Crippen LogP contribution in [0.1, 0.15) is 0 Å².